The predicted molar refractivity (Wildman–Crippen MR) is 114 cm³/mol. The first-order valence-corrected chi connectivity index (χ1v) is 11.6. The molecule has 1 N–H and O–H groups in total. The Morgan fingerprint density at radius 1 is 1.20 bits per heavy atom. The van der Waals surface area contributed by atoms with E-state index in [2.05, 4.69) is 11.4 Å². The number of carbonyl (C=O) groups excluding carboxylic acids is 3. The molecule has 0 radical (unpaired) electrons. The van der Waals surface area contributed by atoms with Crippen LogP contribution in [0, 0.1) is 0 Å². The standard InChI is InChI=1S/C22H26N4O3S/c27-18(9-13-26-20(28)22(24-21(26)29)10-3-4-11-22)25-12-5-6-15(14-25)19-23-16-7-1-2-8-17(16)30-19/h1-2,7-8,15H,3-6,9-14H2,(H,24,29)/t15-/m0/s1. The monoisotopic (exact) mass is 426 g/mol. The Kier molecular flexibility index (Phi) is 4.97. The van der Waals surface area contributed by atoms with Gasteiger partial charge >= 0.3 is 6.03 Å². The zero-order valence-corrected chi connectivity index (χ0v) is 17.7. The lowest BCUT2D eigenvalue weighted by Crippen LogP contribution is -2.44. The second-order valence-corrected chi connectivity index (χ2v) is 9.69. The van der Waals surface area contributed by atoms with Crippen molar-refractivity contribution in [3.8, 4) is 0 Å². The van der Waals surface area contributed by atoms with Crippen molar-refractivity contribution in [1.29, 1.82) is 0 Å². The van der Waals surface area contributed by atoms with Gasteiger partial charge in [0.2, 0.25) is 5.91 Å². The maximum absolute atomic E-state index is 12.9. The van der Waals surface area contributed by atoms with Crippen molar-refractivity contribution in [2.24, 2.45) is 0 Å². The highest BCUT2D eigenvalue weighted by Crippen LogP contribution is 2.35. The molecule has 1 saturated carbocycles. The Labute approximate surface area is 179 Å². The molecule has 2 aliphatic heterocycles. The van der Waals surface area contributed by atoms with Gasteiger partial charge in [0.25, 0.3) is 5.91 Å². The lowest BCUT2D eigenvalue weighted by atomic mass is 9.98. The van der Waals surface area contributed by atoms with Crippen molar-refractivity contribution in [2.75, 3.05) is 19.6 Å². The van der Waals surface area contributed by atoms with E-state index in [4.69, 9.17) is 4.98 Å². The van der Waals surface area contributed by atoms with Crippen LogP contribution < -0.4 is 5.32 Å². The van der Waals surface area contributed by atoms with Gasteiger partial charge in [0, 0.05) is 32.0 Å². The Bertz CT molecular complexity index is 964. The zero-order chi connectivity index (χ0) is 20.7. The Morgan fingerprint density at radius 2 is 2.00 bits per heavy atom. The molecule has 3 heterocycles. The Balaban J connectivity index is 1.21. The van der Waals surface area contributed by atoms with Crippen LogP contribution in [0.1, 0.15) is 55.9 Å². The first-order chi connectivity index (χ1) is 14.6. The van der Waals surface area contributed by atoms with E-state index >= 15 is 0 Å². The number of hydrogen-bond acceptors (Lipinski definition) is 5. The fraction of sp³-hybridized carbons (Fsp3) is 0.545. The number of carbonyl (C=O) groups is 3. The summed E-state index contributed by atoms with van der Waals surface area (Å²) in [6, 6.07) is 7.77. The molecule has 1 spiro atoms. The van der Waals surface area contributed by atoms with E-state index in [9.17, 15) is 14.4 Å². The molecule has 1 atom stereocenters. The molecule has 0 unspecified atom stereocenters. The van der Waals surface area contributed by atoms with Crippen LogP contribution in [0.15, 0.2) is 24.3 Å². The van der Waals surface area contributed by atoms with Gasteiger partial charge in [-0.25, -0.2) is 9.78 Å². The van der Waals surface area contributed by atoms with E-state index in [1.165, 1.54) is 9.60 Å². The third-order valence-electron chi connectivity index (χ3n) is 6.69. The summed E-state index contributed by atoms with van der Waals surface area (Å²) in [5, 5.41) is 3.97. The summed E-state index contributed by atoms with van der Waals surface area (Å²) in [4.78, 5) is 45.9. The smallest absolute Gasteiger partial charge is 0.325 e. The van der Waals surface area contributed by atoms with E-state index in [1.807, 2.05) is 23.1 Å². The van der Waals surface area contributed by atoms with Crippen LogP contribution in [0.4, 0.5) is 4.79 Å². The topological polar surface area (TPSA) is 82.6 Å². The van der Waals surface area contributed by atoms with Crippen molar-refractivity contribution in [3.63, 3.8) is 0 Å². The highest BCUT2D eigenvalue weighted by Gasteiger charge is 2.52. The fourth-order valence-corrected chi connectivity index (χ4v) is 6.13. The molecule has 8 heteroatoms. The number of nitrogens with zero attached hydrogens (tertiary/aromatic N) is 3. The number of urea groups is 1. The van der Waals surface area contributed by atoms with E-state index in [1.54, 1.807) is 11.3 Å². The van der Waals surface area contributed by atoms with Crippen LogP contribution in [0.5, 0.6) is 0 Å². The highest BCUT2D eigenvalue weighted by atomic mass is 32.1. The van der Waals surface area contributed by atoms with E-state index in [0.29, 0.717) is 19.4 Å². The van der Waals surface area contributed by atoms with Gasteiger partial charge in [-0.15, -0.1) is 11.3 Å². The summed E-state index contributed by atoms with van der Waals surface area (Å²) >= 11 is 1.71. The average molecular weight is 427 g/mol. The lowest BCUT2D eigenvalue weighted by molar-refractivity contribution is -0.134. The van der Waals surface area contributed by atoms with Crippen LogP contribution in [0.3, 0.4) is 0 Å². The number of benzene rings is 1. The number of para-hydroxylation sites is 1. The average Bonchev–Trinajstić information content (AvgIpc) is 3.46. The largest absolute Gasteiger partial charge is 0.342 e. The summed E-state index contributed by atoms with van der Waals surface area (Å²) in [5.41, 5.74) is 0.309. The normalized spacial score (nSPS) is 23.5. The molecule has 2 saturated heterocycles. The SMILES string of the molecule is O=C(CCN1C(=O)NC2(CCCC2)C1=O)N1CCC[C@H](c2nc3ccccc3s2)C1. The van der Waals surface area contributed by atoms with Crippen LogP contribution >= 0.6 is 11.3 Å². The van der Waals surface area contributed by atoms with Gasteiger partial charge in [-0.2, -0.15) is 0 Å². The molecule has 30 heavy (non-hydrogen) atoms. The number of hydrogen-bond donors (Lipinski definition) is 1. The number of rotatable bonds is 4. The number of likely N-dealkylation sites (tertiary alicyclic amines) is 1. The summed E-state index contributed by atoms with van der Waals surface area (Å²) in [6.45, 7) is 1.54. The van der Waals surface area contributed by atoms with E-state index in [-0.39, 0.29) is 36.7 Å². The number of piperidine rings is 1. The van der Waals surface area contributed by atoms with Crippen molar-refractivity contribution in [2.45, 2.75) is 56.4 Å². The highest BCUT2D eigenvalue weighted by molar-refractivity contribution is 7.18. The number of fused-ring (bicyclic) bond motifs is 1. The number of aromatic nitrogens is 1. The van der Waals surface area contributed by atoms with Crippen LogP contribution in [0.25, 0.3) is 10.2 Å². The van der Waals surface area contributed by atoms with Crippen LogP contribution in [0.2, 0.25) is 0 Å². The lowest BCUT2D eigenvalue weighted by Gasteiger charge is -2.32. The molecule has 7 nitrogen and oxygen atoms in total. The van der Waals surface area contributed by atoms with E-state index in [0.717, 1.165) is 42.8 Å². The van der Waals surface area contributed by atoms with Crippen LogP contribution in [-0.2, 0) is 9.59 Å². The molecule has 1 aromatic carbocycles. The first-order valence-electron chi connectivity index (χ1n) is 10.8. The third-order valence-corrected chi connectivity index (χ3v) is 7.88. The molecule has 158 valence electrons. The van der Waals surface area contributed by atoms with Gasteiger partial charge in [-0.3, -0.25) is 14.5 Å². The molecular formula is C22H26N4O3S. The Morgan fingerprint density at radius 3 is 2.80 bits per heavy atom. The number of thiazole rings is 1. The van der Waals surface area contributed by atoms with Crippen LogP contribution in [-0.4, -0.2) is 57.8 Å². The minimum atomic E-state index is -0.705. The number of nitrogens with one attached hydrogen (secondary N) is 1. The van der Waals surface area contributed by atoms with Crippen molar-refractivity contribution in [3.05, 3.63) is 29.3 Å². The Hall–Kier alpha value is -2.48. The van der Waals surface area contributed by atoms with Gasteiger partial charge in [0.05, 0.1) is 15.2 Å². The molecule has 2 aromatic rings. The van der Waals surface area contributed by atoms with Gasteiger partial charge in [-0.1, -0.05) is 25.0 Å². The molecule has 1 aliphatic carbocycles. The summed E-state index contributed by atoms with van der Waals surface area (Å²) in [6.07, 6.45) is 5.48. The third kappa shape index (κ3) is 3.37. The van der Waals surface area contributed by atoms with Crippen molar-refractivity contribution in [1.82, 2.24) is 20.1 Å². The second kappa shape index (κ2) is 7.65. The maximum Gasteiger partial charge on any atom is 0.325 e. The number of amides is 4. The summed E-state index contributed by atoms with van der Waals surface area (Å²) < 4.78 is 1.18. The quantitative estimate of drug-likeness (QED) is 0.761. The van der Waals surface area contributed by atoms with Gasteiger partial charge in [0.1, 0.15) is 5.54 Å². The van der Waals surface area contributed by atoms with Gasteiger partial charge in [0.15, 0.2) is 0 Å². The van der Waals surface area contributed by atoms with Crippen molar-refractivity contribution >= 4 is 39.4 Å². The zero-order valence-electron chi connectivity index (χ0n) is 16.9. The van der Waals surface area contributed by atoms with E-state index < -0.39 is 5.54 Å². The minimum Gasteiger partial charge on any atom is -0.342 e. The summed E-state index contributed by atoms with van der Waals surface area (Å²) in [5.74, 6) is 0.108. The van der Waals surface area contributed by atoms with Gasteiger partial charge < -0.3 is 10.2 Å². The number of imide groups is 1. The molecule has 4 amide bonds. The molecule has 3 aliphatic rings. The minimum absolute atomic E-state index is 0.00813. The fourth-order valence-electron chi connectivity index (χ4n) is 5.03. The van der Waals surface area contributed by atoms with Crippen molar-refractivity contribution < 1.29 is 14.4 Å². The molecule has 3 fully saturated rings. The molecule has 5 rings (SSSR count). The molecule has 0 bridgehead atoms. The second-order valence-electron chi connectivity index (χ2n) is 8.62. The maximum atomic E-state index is 12.9. The summed E-state index contributed by atoms with van der Waals surface area (Å²) in [7, 11) is 0. The molecular weight excluding hydrogens is 400 g/mol. The first kappa shape index (κ1) is 19.5. The molecule has 1 aromatic heterocycles. The van der Waals surface area contributed by atoms with Gasteiger partial charge in [-0.05, 0) is 37.8 Å². The predicted octanol–water partition coefficient (Wildman–Crippen LogP) is 3.26.